The number of morpholine rings is 1. The second-order valence-electron chi connectivity index (χ2n) is 8.00. The first-order chi connectivity index (χ1) is 16.9. The third kappa shape index (κ3) is 5.76. The summed E-state index contributed by atoms with van der Waals surface area (Å²) < 4.78 is 38.2. The van der Waals surface area contributed by atoms with E-state index in [9.17, 15) is 18.0 Å². The number of benzene rings is 3. The lowest BCUT2D eigenvalue weighted by Gasteiger charge is -2.26. The Kier molecular flexibility index (Phi) is 7.60. The molecule has 1 aliphatic heterocycles. The number of ether oxygens (including phenoxy) is 2. The van der Waals surface area contributed by atoms with Crippen LogP contribution < -0.4 is 10.1 Å². The second-order valence-corrected chi connectivity index (χ2v) is 9.91. The van der Waals surface area contributed by atoms with Gasteiger partial charge in [-0.2, -0.15) is 4.31 Å². The van der Waals surface area contributed by atoms with E-state index in [0.717, 1.165) is 0 Å². The van der Waals surface area contributed by atoms with E-state index in [1.807, 2.05) is 6.07 Å². The van der Waals surface area contributed by atoms with Crippen molar-refractivity contribution in [2.45, 2.75) is 11.3 Å². The van der Waals surface area contributed by atoms with Gasteiger partial charge in [-0.3, -0.25) is 9.59 Å². The van der Waals surface area contributed by atoms with Gasteiger partial charge >= 0.3 is 0 Å². The van der Waals surface area contributed by atoms with Gasteiger partial charge in [-0.15, -0.1) is 0 Å². The van der Waals surface area contributed by atoms with E-state index in [0.29, 0.717) is 35.6 Å². The Labute approximate surface area is 204 Å². The molecule has 1 saturated heterocycles. The van der Waals surface area contributed by atoms with Gasteiger partial charge in [0.05, 0.1) is 26.7 Å². The van der Waals surface area contributed by atoms with Crippen molar-refractivity contribution in [1.82, 2.24) is 4.31 Å². The van der Waals surface area contributed by atoms with E-state index in [2.05, 4.69) is 5.32 Å². The molecule has 3 aromatic rings. The Morgan fingerprint density at radius 2 is 1.66 bits per heavy atom. The summed E-state index contributed by atoms with van der Waals surface area (Å²) in [5, 5.41) is 2.79. The maximum absolute atomic E-state index is 13.2. The lowest BCUT2D eigenvalue weighted by molar-refractivity contribution is -0.115. The van der Waals surface area contributed by atoms with Crippen LogP contribution in [-0.4, -0.2) is 57.8 Å². The largest absolute Gasteiger partial charge is 0.495 e. The molecule has 9 heteroatoms. The van der Waals surface area contributed by atoms with E-state index in [-0.39, 0.29) is 41.8 Å². The number of carbonyl (C=O) groups excluding carboxylic acids is 2. The summed E-state index contributed by atoms with van der Waals surface area (Å²) in [6.07, 6.45) is -0.0491. The molecular weight excluding hydrogens is 468 g/mol. The van der Waals surface area contributed by atoms with E-state index in [1.165, 1.54) is 17.5 Å². The van der Waals surface area contributed by atoms with Gasteiger partial charge in [0.2, 0.25) is 15.9 Å². The number of anilines is 1. The SMILES string of the molecule is COc1ccc(CC(=O)Nc2cccc(C(=O)c3ccccc3)c2)cc1S(=O)(=O)N1CCOCC1. The standard InChI is InChI=1S/C26H26N2O6S/c1-33-23-11-10-19(16-24(23)35(31,32)28-12-14-34-15-13-28)17-25(29)27-22-9-5-8-21(18-22)26(30)20-6-3-2-4-7-20/h2-11,16,18H,12-15,17H2,1H3,(H,27,29). The first kappa shape index (κ1) is 24.6. The number of sulfonamides is 1. The highest BCUT2D eigenvalue weighted by molar-refractivity contribution is 7.89. The lowest BCUT2D eigenvalue weighted by Crippen LogP contribution is -2.40. The summed E-state index contributed by atoms with van der Waals surface area (Å²) in [6, 6.07) is 20.3. The fourth-order valence-corrected chi connectivity index (χ4v) is 5.46. The van der Waals surface area contributed by atoms with E-state index in [4.69, 9.17) is 9.47 Å². The molecule has 1 amide bonds. The van der Waals surface area contributed by atoms with Crippen molar-refractivity contribution in [3.63, 3.8) is 0 Å². The van der Waals surface area contributed by atoms with Crippen molar-refractivity contribution in [3.05, 3.63) is 89.5 Å². The van der Waals surface area contributed by atoms with Crippen LogP contribution >= 0.6 is 0 Å². The average molecular weight is 495 g/mol. The van der Waals surface area contributed by atoms with E-state index < -0.39 is 10.0 Å². The molecule has 0 spiro atoms. The highest BCUT2D eigenvalue weighted by Gasteiger charge is 2.29. The minimum absolute atomic E-state index is 0.0163. The predicted octanol–water partition coefficient (Wildman–Crippen LogP) is 3.13. The molecule has 0 unspecified atom stereocenters. The summed E-state index contributed by atoms with van der Waals surface area (Å²) in [6.45, 7) is 1.17. The molecule has 0 aromatic heterocycles. The Balaban J connectivity index is 1.50. The molecule has 1 aliphatic rings. The molecule has 0 saturated carbocycles. The molecule has 0 atom stereocenters. The Morgan fingerprint density at radius 3 is 2.37 bits per heavy atom. The molecule has 1 N–H and O–H groups in total. The molecule has 0 bridgehead atoms. The van der Waals surface area contributed by atoms with Crippen molar-refractivity contribution in [2.24, 2.45) is 0 Å². The summed E-state index contributed by atoms with van der Waals surface area (Å²) in [5.41, 5.74) is 2.01. The smallest absolute Gasteiger partial charge is 0.246 e. The molecule has 1 fully saturated rings. The number of carbonyl (C=O) groups is 2. The number of methoxy groups -OCH3 is 1. The zero-order chi connectivity index (χ0) is 24.8. The van der Waals surface area contributed by atoms with Crippen molar-refractivity contribution >= 4 is 27.4 Å². The fraction of sp³-hybridized carbons (Fsp3) is 0.231. The third-order valence-corrected chi connectivity index (χ3v) is 7.54. The van der Waals surface area contributed by atoms with Crippen molar-refractivity contribution in [2.75, 3.05) is 38.7 Å². The van der Waals surface area contributed by atoms with Crippen LogP contribution in [0.15, 0.2) is 77.7 Å². The quantitative estimate of drug-likeness (QED) is 0.483. The molecule has 0 aliphatic carbocycles. The van der Waals surface area contributed by atoms with Gasteiger partial charge in [0, 0.05) is 29.9 Å². The van der Waals surface area contributed by atoms with Crippen LogP contribution in [-0.2, 0) is 26.0 Å². The van der Waals surface area contributed by atoms with Gasteiger partial charge in [0.25, 0.3) is 0 Å². The maximum Gasteiger partial charge on any atom is 0.246 e. The molecule has 3 aromatic carbocycles. The average Bonchev–Trinajstić information content (AvgIpc) is 2.89. The van der Waals surface area contributed by atoms with E-state index in [1.54, 1.807) is 60.7 Å². The maximum atomic E-state index is 13.2. The van der Waals surface area contributed by atoms with Gasteiger partial charge in [-0.25, -0.2) is 8.42 Å². The summed E-state index contributed by atoms with van der Waals surface area (Å²) >= 11 is 0. The monoisotopic (exact) mass is 494 g/mol. The zero-order valence-electron chi connectivity index (χ0n) is 19.3. The van der Waals surface area contributed by atoms with Crippen LogP contribution in [0.2, 0.25) is 0 Å². The highest BCUT2D eigenvalue weighted by atomic mass is 32.2. The molecule has 35 heavy (non-hydrogen) atoms. The van der Waals surface area contributed by atoms with Crippen molar-refractivity contribution in [1.29, 1.82) is 0 Å². The number of nitrogens with zero attached hydrogens (tertiary/aromatic N) is 1. The van der Waals surface area contributed by atoms with Gasteiger partial charge in [-0.05, 0) is 29.8 Å². The zero-order valence-corrected chi connectivity index (χ0v) is 20.1. The van der Waals surface area contributed by atoms with Gasteiger partial charge in [0.15, 0.2) is 5.78 Å². The number of ketones is 1. The van der Waals surface area contributed by atoms with Crippen LogP contribution in [0.5, 0.6) is 5.75 Å². The minimum atomic E-state index is -3.80. The van der Waals surface area contributed by atoms with Crippen LogP contribution in [0.4, 0.5) is 5.69 Å². The van der Waals surface area contributed by atoms with Crippen LogP contribution in [0.25, 0.3) is 0 Å². The van der Waals surface area contributed by atoms with Crippen molar-refractivity contribution in [3.8, 4) is 5.75 Å². The normalized spacial score (nSPS) is 14.3. The minimum Gasteiger partial charge on any atom is -0.495 e. The first-order valence-electron chi connectivity index (χ1n) is 11.1. The van der Waals surface area contributed by atoms with E-state index >= 15 is 0 Å². The van der Waals surface area contributed by atoms with Gasteiger partial charge < -0.3 is 14.8 Å². The Morgan fingerprint density at radius 1 is 0.943 bits per heavy atom. The molecule has 0 radical (unpaired) electrons. The summed E-state index contributed by atoms with van der Waals surface area (Å²) in [4.78, 5) is 25.5. The molecule has 182 valence electrons. The number of nitrogens with one attached hydrogen (secondary N) is 1. The van der Waals surface area contributed by atoms with Crippen LogP contribution in [0.1, 0.15) is 21.5 Å². The summed E-state index contributed by atoms with van der Waals surface area (Å²) in [7, 11) is -2.40. The topological polar surface area (TPSA) is 102 Å². The molecule has 4 rings (SSSR count). The van der Waals surface area contributed by atoms with Crippen LogP contribution in [0, 0.1) is 0 Å². The Bertz CT molecular complexity index is 1320. The van der Waals surface area contributed by atoms with Crippen LogP contribution in [0.3, 0.4) is 0 Å². The molecular formula is C26H26N2O6S. The lowest BCUT2D eigenvalue weighted by atomic mass is 10.0. The third-order valence-electron chi connectivity index (χ3n) is 5.63. The number of hydrogen-bond acceptors (Lipinski definition) is 6. The van der Waals surface area contributed by atoms with Gasteiger partial charge in [-0.1, -0.05) is 48.5 Å². The number of rotatable bonds is 8. The number of amides is 1. The first-order valence-corrected chi connectivity index (χ1v) is 12.6. The summed E-state index contributed by atoms with van der Waals surface area (Å²) in [5.74, 6) is -0.267. The van der Waals surface area contributed by atoms with Gasteiger partial charge in [0.1, 0.15) is 10.6 Å². The fourth-order valence-electron chi connectivity index (χ4n) is 3.84. The predicted molar refractivity (Wildman–Crippen MR) is 131 cm³/mol. The Hall–Kier alpha value is -3.53. The molecule has 8 nitrogen and oxygen atoms in total. The highest BCUT2D eigenvalue weighted by Crippen LogP contribution is 2.29. The van der Waals surface area contributed by atoms with Crippen molar-refractivity contribution < 1.29 is 27.5 Å². The molecule has 1 heterocycles. The second kappa shape index (κ2) is 10.8. The number of hydrogen-bond donors (Lipinski definition) is 1.